The Morgan fingerprint density at radius 3 is 2.30 bits per heavy atom. The van der Waals surface area contributed by atoms with E-state index < -0.39 is 0 Å². The first kappa shape index (κ1) is 21.4. The minimum Gasteiger partial charge on any atom is -0.353 e. The van der Waals surface area contributed by atoms with Gasteiger partial charge in [-0.15, -0.1) is 0 Å². The highest BCUT2D eigenvalue weighted by atomic mass is 16.2. The fourth-order valence-electron chi connectivity index (χ4n) is 3.43. The Labute approximate surface area is 163 Å². The Kier molecular flexibility index (Phi) is 7.84. The summed E-state index contributed by atoms with van der Waals surface area (Å²) in [5.41, 5.74) is 1.90. The van der Waals surface area contributed by atoms with Gasteiger partial charge in [-0.1, -0.05) is 39.8 Å². The van der Waals surface area contributed by atoms with Crippen LogP contribution in [0.25, 0.3) is 0 Å². The Morgan fingerprint density at radius 2 is 1.74 bits per heavy atom. The van der Waals surface area contributed by atoms with Crippen LogP contribution in [0.3, 0.4) is 0 Å². The van der Waals surface area contributed by atoms with Crippen molar-refractivity contribution >= 4 is 11.8 Å². The van der Waals surface area contributed by atoms with Crippen LogP contribution in [0.15, 0.2) is 24.3 Å². The molecule has 2 N–H and O–H groups in total. The van der Waals surface area contributed by atoms with Gasteiger partial charge in [-0.25, -0.2) is 0 Å². The molecule has 1 saturated heterocycles. The van der Waals surface area contributed by atoms with Crippen molar-refractivity contribution in [1.82, 2.24) is 15.5 Å². The van der Waals surface area contributed by atoms with Crippen LogP contribution in [0.2, 0.25) is 0 Å². The van der Waals surface area contributed by atoms with Crippen molar-refractivity contribution in [3.05, 3.63) is 35.4 Å². The van der Waals surface area contributed by atoms with Crippen molar-refractivity contribution in [2.45, 2.75) is 64.8 Å². The van der Waals surface area contributed by atoms with E-state index in [-0.39, 0.29) is 23.3 Å². The molecule has 150 valence electrons. The predicted octanol–water partition coefficient (Wildman–Crippen LogP) is 3.09. The van der Waals surface area contributed by atoms with Crippen LogP contribution in [0.4, 0.5) is 0 Å². The van der Waals surface area contributed by atoms with Crippen molar-refractivity contribution in [2.75, 3.05) is 26.2 Å². The minimum absolute atomic E-state index is 0.0207. The standard InChI is InChI=1S/C22H35N3O2/c1-5-14-25-15-11-19(12-16-25)24-20(26)10-13-23-21(27)17-6-8-18(9-7-17)22(2,3)4/h6-9,19H,5,10-16H2,1-4H3,(H,23,27)(H,24,26). The molecule has 2 amide bonds. The summed E-state index contributed by atoms with van der Waals surface area (Å²) in [7, 11) is 0. The number of likely N-dealkylation sites (tertiary alicyclic amines) is 1. The number of carbonyl (C=O) groups excluding carboxylic acids is 2. The smallest absolute Gasteiger partial charge is 0.251 e. The van der Waals surface area contributed by atoms with Gasteiger partial charge in [0.25, 0.3) is 5.91 Å². The van der Waals surface area contributed by atoms with E-state index >= 15 is 0 Å². The highest BCUT2D eigenvalue weighted by molar-refractivity contribution is 5.94. The summed E-state index contributed by atoms with van der Waals surface area (Å²) in [4.78, 5) is 26.8. The molecule has 1 aromatic rings. The number of carbonyl (C=O) groups is 2. The minimum atomic E-state index is -0.129. The molecule has 0 radical (unpaired) electrons. The molecule has 1 aliphatic heterocycles. The summed E-state index contributed by atoms with van der Waals surface area (Å²) in [6.07, 6.45) is 3.52. The van der Waals surface area contributed by atoms with E-state index in [1.807, 2.05) is 24.3 Å². The van der Waals surface area contributed by atoms with E-state index in [9.17, 15) is 9.59 Å². The Bertz CT molecular complexity index is 611. The predicted molar refractivity (Wildman–Crippen MR) is 110 cm³/mol. The van der Waals surface area contributed by atoms with Gasteiger partial charge in [-0.3, -0.25) is 9.59 Å². The van der Waals surface area contributed by atoms with E-state index in [0.29, 0.717) is 18.5 Å². The second-order valence-corrected chi connectivity index (χ2v) is 8.52. The van der Waals surface area contributed by atoms with Crippen molar-refractivity contribution in [3.8, 4) is 0 Å². The number of hydrogen-bond donors (Lipinski definition) is 2. The van der Waals surface area contributed by atoms with Crippen LogP contribution in [0.1, 0.15) is 69.3 Å². The summed E-state index contributed by atoms with van der Waals surface area (Å²) < 4.78 is 0. The van der Waals surface area contributed by atoms with E-state index in [1.165, 1.54) is 12.0 Å². The van der Waals surface area contributed by atoms with Crippen molar-refractivity contribution < 1.29 is 9.59 Å². The molecule has 0 atom stereocenters. The lowest BCUT2D eigenvalue weighted by atomic mass is 9.87. The SMILES string of the molecule is CCCN1CCC(NC(=O)CCNC(=O)c2ccc(C(C)(C)C)cc2)CC1. The lowest BCUT2D eigenvalue weighted by Gasteiger charge is -2.32. The molecule has 1 heterocycles. The molecule has 0 unspecified atom stereocenters. The molecular formula is C22H35N3O2. The van der Waals surface area contributed by atoms with Gasteiger partial charge < -0.3 is 15.5 Å². The molecule has 0 aromatic heterocycles. The molecule has 5 nitrogen and oxygen atoms in total. The Morgan fingerprint density at radius 1 is 1.11 bits per heavy atom. The first-order chi connectivity index (χ1) is 12.8. The number of amides is 2. The fourth-order valence-corrected chi connectivity index (χ4v) is 3.43. The molecule has 0 bridgehead atoms. The Balaban J connectivity index is 1.68. The van der Waals surface area contributed by atoms with Crippen LogP contribution in [-0.4, -0.2) is 48.9 Å². The maximum Gasteiger partial charge on any atom is 0.251 e. The van der Waals surface area contributed by atoms with E-state index in [0.717, 1.165) is 32.5 Å². The van der Waals surface area contributed by atoms with Crippen molar-refractivity contribution in [3.63, 3.8) is 0 Å². The number of nitrogens with zero attached hydrogens (tertiary/aromatic N) is 1. The molecule has 0 saturated carbocycles. The average Bonchev–Trinajstić information content (AvgIpc) is 2.63. The zero-order valence-corrected chi connectivity index (χ0v) is 17.3. The summed E-state index contributed by atoms with van der Waals surface area (Å²) in [6.45, 7) is 12.3. The maximum atomic E-state index is 12.2. The Hall–Kier alpha value is -1.88. The first-order valence-electron chi connectivity index (χ1n) is 10.2. The van der Waals surface area contributed by atoms with Crippen LogP contribution < -0.4 is 10.6 Å². The third-order valence-electron chi connectivity index (χ3n) is 5.14. The van der Waals surface area contributed by atoms with Crippen LogP contribution in [-0.2, 0) is 10.2 Å². The molecule has 0 aliphatic carbocycles. The van der Waals surface area contributed by atoms with E-state index in [1.54, 1.807) is 0 Å². The fraction of sp³-hybridized carbons (Fsp3) is 0.636. The number of nitrogens with one attached hydrogen (secondary N) is 2. The second-order valence-electron chi connectivity index (χ2n) is 8.52. The molecule has 2 rings (SSSR count). The third-order valence-corrected chi connectivity index (χ3v) is 5.14. The zero-order chi connectivity index (χ0) is 19.9. The lowest BCUT2D eigenvalue weighted by Crippen LogP contribution is -2.45. The van der Waals surface area contributed by atoms with Crippen LogP contribution in [0, 0.1) is 0 Å². The summed E-state index contributed by atoms with van der Waals surface area (Å²) in [6, 6.07) is 7.95. The number of rotatable bonds is 7. The van der Waals surface area contributed by atoms with Gasteiger partial charge in [-0.2, -0.15) is 0 Å². The van der Waals surface area contributed by atoms with Gasteiger partial charge in [0.1, 0.15) is 0 Å². The number of piperidine rings is 1. The topological polar surface area (TPSA) is 61.4 Å². The van der Waals surface area contributed by atoms with Crippen LogP contribution >= 0.6 is 0 Å². The van der Waals surface area contributed by atoms with Gasteiger partial charge in [0.05, 0.1) is 0 Å². The molecule has 5 heteroatoms. The largest absolute Gasteiger partial charge is 0.353 e. The molecule has 1 aromatic carbocycles. The molecular weight excluding hydrogens is 338 g/mol. The monoisotopic (exact) mass is 373 g/mol. The second kappa shape index (κ2) is 9.88. The highest BCUT2D eigenvalue weighted by Gasteiger charge is 2.20. The molecule has 0 spiro atoms. The quantitative estimate of drug-likeness (QED) is 0.772. The van der Waals surface area contributed by atoms with Crippen molar-refractivity contribution in [2.24, 2.45) is 0 Å². The lowest BCUT2D eigenvalue weighted by molar-refractivity contribution is -0.121. The zero-order valence-electron chi connectivity index (χ0n) is 17.3. The first-order valence-corrected chi connectivity index (χ1v) is 10.2. The highest BCUT2D eigenvalue weighted by Crippen LogP contribution is 2.22. The van der Waals surface area contributed by atoms with Gasteiger partial charge in [0, 0.05) is 37.7 Å². The average molecular weight is 374 g/mol. The summed E-state index contributed by atoms with van der Waals surface area (Å²) >= 11 is 0. The van der Waals surface area contributed by atoms with E-state index in [2.05, 4.69) is 43.2 Å². The normalized spacial score (nSPS) is 16.1. The summed E-state index contributed by atoms with van der Waals surface area (Å²) in [5.74, 6) is -0.108. The number of hydrogen-bond acceptors (Lipinski definition) is 3. The van der Waals surface area contributed by atoms with Gasteiger partial charge in [0.15, 0.2) is 0 Å². The van der Waals surface area contributed by atoms with Crippen LogP contribution in [0.5, 0.6) is 0 Å². The molecule has 1 aliphatic rings. The number of benzene rings is 1. The maximum absolute atomic E-state index is 12.2. The van der Waals surface area contributed by atoms with Gasteiger partial charge in [0.2, 0.25) is 5.91 Å². The molecule has 1 fully saturated rings. The van der Waals surface area contributed by atoms with Gasteiger partial charge >= 0.3 is 0 Å². The third kappa shape index (κ3) is 6.98. The summed E-state index contributed by atoms with van der Waals surface area (Å²) in [5, 5.41) is 5.94. The van der Waals surface area contributed by atoms with E-state index in [4.69, 9.17) is 0 Å². The molecule has 27 heavy (non-hydrogen) atoms. The van der Waals surface area contributed by atoms with Gasteiger partial charge in [-0.05, 0) is 48.9 Å². The van der Waals surface area contributed by atoms with Crippen molar-refractivity contribution in [1.29, 1.82) is 0 Å².